The maximum Gasteiger partial charge on any atom is 0.277 e. The Morgan fingerprint density at radius 2 is 0.814 bits per heavy atom. The second-order valence-electron chi connectivity index (χ2n) is 15.1. The van der Waals surface area contributed by atoms with E-state index in [-0.39, 0.29) is 55.1 Å². The van der Waals surface area contributed by atoms with Gasteiger partial charge < -0.3 is 23.9 Å². The van der Waals surface area contributed by atoms with Crippen LogP contribution in [0.15, 0.2) is 0 Å². The summed E-state index contributed by atoms with van der Waals surface area (Å²) >= 11 is 0. The number of hydrogen-bond donors (Lipinski definition) is 0. The van der Waals surface area contributed by atoms with Gasteiger partial charge in [0.1, 0.15) is 26.3 Å². The van der Waals surface area contributed by atoms with E-state index in [0.717, 1.165) is 0 Å². The number of amides is 3. The van der Waals surface area contributed by atoms with Gasteiger partial charge in [0.05, 0.1) is 6.61 Å². The Morgan fingerprint density at radius 3 is 1.09 bits per heavy atom. The Kier molecular flexibility index (Phi) is 20.3. The third-order valence-electron chi connectivity index (χ3n) is 7.01. The second kappa shape index (κ2) is 21.1. The highest BCUT2D eigenvalue weighted by molar-refractivity contribution is 5.80. The molecule has 0 N–H and O–H groups in total. The van der Waals surface area contributed by atoms with Crippen LogP contribution in [0.25, 0.3) is 0 Å². The van der Waals surface area contributed by atoms with Gasteiger partial charge >= 0.3 is 0 Å². The van der Waals surface area contributed by atoms with Gasteiger partial charge in [-0.25, -0.2) is 5.11 Å². The van der Waals surface area contributed by atoms with Gasteiger partial charge in [-0.2, -0.15) is 0 Å². The zero-order valence-corrected chi connectivity index (χ0v) is 30.0. The van der Waals surface area contributed by atoms with Crippen LogP contribution in [-0.2, 0) is 24.2 Å². The van der Waals surface area contributed by atoms with Crippen molar-refractivity contribution < 1.29 is 28.7 Å². The van der Waals surface area contributed by atoms with Gasteiger partial charge in [-0.15, -0.1) is 0 Å². The summed E-state index contributed by atoms with van der Waals surface area (Å²) in [5, 5.41) is 12.2. The molecule has 0 aromatic carbocycles. The standard InChI is InChI=1S/C34H68N4O5/c1-26(2)17-35(18-27(3)4)32(40)23-38(13-15-39,24-33(41)36(19-28(5)6)20-29(7)8)14-16-43-25-34(42)37(21-30(9)10)22-31(11)12/h26-31H,13-25H2,1-12H3/q+1. The molecule has 253 valence electrons. The van der Waals surface area contributed by atoms with E-state index in [0.29, 0.717) is 81.3 Å². The minimum Gasteiger partial charge on any atom is -0.366 e. The van der Waals surface area contributed by atoms with Crippen LogP contribution in [0.4, 0.5) is 0 Å². The first-order valence-electron chi connectivity index (χ1n) is 16.7. The first-order valence-corrected chi connectivity index (χ1v) is 16.7. The number of carbonyl (C=O) groups is 3. The lowest BCUT2D eigenvalue weighted by Gasteiger charge is -2.40. The predicted molar refractivity (Wildman–Crippen MR) is 175 cm³/mol. The fourth-order valence-corrected chi connectivity index (χ4v) is 5.44. The van der Waals surface area contributed by atoms with Crippen LogP contribution in [0.5, 0.6) is 0 Å². The summed E-state index contributed by atoms with van der Waals surface area (Å²) in [6.45, 7) is 29.2. The van der Waals surface area contributed by atoms with Gasteiger partial charge in [-0.1, -0.05) is 83.1 Å². The largest absolute Gasteiger partial charge is 0.366 e. The number of carbonyl (C=O) groups excluding carboxylic acids is 3. The van der Waals surface area contributed by atoms with Crippen molar-refractivity contribution in [3.8, 4) is 0 Å². The van der Waals surface area contributed by atoms with Crippen LogP contribution in [-0.4, -0.2) is 122 Å². The van der Waals surface area contributed by atoms with Crippen molar-refractivity contribution in [2.45, 2.75) is 83.1 Å². The van der Waals surface area contributed by atoms with E-state index in [1.807, 2.05) is 14.7 Å². The molecule has 0 atom stereocenters. The van der Waals surface area contributed by atoms with E-state index in [9.17, 15) is 19.5 Å². The molecule has 0 aliphatic rings. The normalized spacial score (nSPS) is 12.3. The molecule has 0 saturated heterocycles. The van der Waals surface area contributed by atoms with Crippen LogP contribution in [0.2, 0.25) is 0 Å². The highest BCUT2D eigenvalue weighted by Gasteiger charge is 2.37. The number of nitrogens with zero attached hydrogens (tertiary/aromatic N) is 4. The van der Waals surface area contributed by atoms with Crippen LogP contribution >= 0.6 is 0 Å². The van der Waals surface area contributed by atoms with Crippen molar-refractivity contribution in [2.75, 3.05) is 85.3 Å². The summed E-state index contributed by atoms with van der Waals surface area (Å²) in [5.74, 6) is 1.74. The molecule has 0 spiro atoms. The molecular formula is C34H68N4O5+. The Balaban J connectivity index is 6.09. The topological polar surface area (TPSA) is 90.1 Å². The number of rotatable bonds is 23. The summed E-state index contributed by atoms with van der Waals surface area (Å²) in [6, 6.07) is 0. The third-order valence-corrected chi connectivity index (χ3v) is 7.01. The van der Waals surface area contributed by atoms with E-state index >= 15 is 0 Å². The van der Waals surface area contributed by atoms with E-state index < -0.39 is 6.61 Å². The van der Waals surface area contributed by atoms with Crippen molar-refractivity contribution in [3.63, 3.8) is 0 Å². The Labute approximate surface area is 264 Å². The first kappa shape index (κ1) is 41.3. The van der Waals surface area contributed by atoms with Gasteiger partial charge in [-0.3, -0.25) is 14.4 Å². The molecule has 0 aromatic heterocycles. The predicted octanol–water partition coefficient (Wildman–Crippen LogP) is 4.67. The molecule has 0 unspecified atom stereocenters. The molecule has 0 aliphatic heterocycles. The fourth-order valence-electron chi connectivity index (χ4n) is 5.44. The summed E-state index contributed by atoms with van der Waals surface area (Å²) in [4.78, 5) is 46.3. The molecule has 0 aromatic rings. The molecule has 0 bridgehead atoms. The molecule has 1 radical (unpaired) electrons. The van der Waals surface area contributed by atoms with Crippen molar-refractivity contribution in [1.29, 1.82) is 0 Å². The average Bonchev–Trinajstić information content (AvgIpc) is 2.83. The molecular weight excluding hydrogens is 544 g/mol. The summed E-state index contributed by atoms with van der Waals surface area (Å²) in [7, 11) is 0. The molecule has 43 heavy (non-hydrogen) atoms. The number of quaternary nitrogens is 1. The molecule has 0 saturated carbocycles. The maximum atomic E-state index is 13.8. The lowest BCUT2D eigenvalue weighted by Crippen LogP contribution is -2.61. The van der Waals surface area contributed by atoms with Gasteiger partial charge in [0, 0.05) is 39.3 Å². The van der Waals surface area contributed by atoms with Crippen LogP contribution in [0.1, 0.15) is 83.1 Å². The Hall–Kier alpha value is -1.71. The van der Waals surface area contributed by atoms with Crippen molar-refractivity contribution in [2.24, 2.45) is 35.5 Å². The van der Waals surface area contributed by atoms with Crippen LogP contribution < -0.4 is 0 Å². The smallest absolute Gasteiger partial charge is 0.277 e. The molecule has 9 nitrogen and oxygen atoms in total. The number of ether oxygens (including phenoxy) is 1. The minimum absolute atomic E-state index is 0.0381. The highest BCUT2D eigenvalue weighted by Crippen LogP contribution is 2.15. The Morgan fingerprint density at radius 1 is 0.512 bits per heavy atom. The van der Waals surface area contributed by atoms with Crippen LogP contribution in [0, 0.1) is 35.5 Å². The van der Waals surface area contributed by atoms with E-state index in [1.165, 1.54) is 0 Å². The zero-order valence-electron chi connectivity index (χ0n) is 30.0. The number of hydrogen-bond acceptors (Lipinski definition) is 4. The second-order valence-corrected chi connectivity index (χ2v) is 15.1. The van der Waals surface area contributed by atoms with Gasteiger partial charge in [-0.05, 0) is 35.5 Å². The monoisotopic (exact) mass is 613 g/mol. The fraction of sp³-hybridized carbons (Fsp3) is 0.912. The highest BCUT2D eigenvalue weighted by atomic mass is 16.5. The molecule has 3 amide bonds. The summed E-state index contributed by atoms with van der Waals surface area (Å²) in [6.07, 6.45) is 0. The molecule has 0 heterocycles. The van der Waals surface area contributed by atoms with Crippen molar-refractivity contribution in [1.82, 2.24) is 14.7 Å². The summed E-state index contributed by atoms with van der Waals surface area (Å²) in [5.41, 5.74) is 0. The lowest BCUT2D eigenvalue weighted by molar-refractivity contribution is -0.914. The Bertz CT molecular complexity index is 730. The SMILES string of the molecule is CC(C)CN(CC(C)C)C(=O)COCC[N+](CC[O])(CC(=O)N(CC(C)C)CC(C)C)CC(=O)N(CC(C)C)CC(C)C. The molecule has 9 heteroatoms. The first-order chi connectivity index (χ1) is 19.9. The minimum atomic E-state index is -0.404. The van der Waals surface area contributed by atoms with Crippen LogP contribution in [0.3, 0.4) is 0 Å². The van der Waals surface area contributed by atoms with Gasteiger partial charge in [0.15, 0.2) is 13.1 Å². The zero-order chi connectivity index (χ0) is 33.3. The van der Waals surface area contributed by atoms with Gasteiger partial charge in [0.2, 0.25) is 5.91 Å². The maximum absolute atomic E-state index is 13.8. The lowest BCUT2D eigenvalue weighted by atomic mass is 10.1. The average molecular weight is 613 g/mol. The van der Waals surface area contributed by atoms with E-state index in [1.54, 1.807) is 0 Å². The van der Waals surface area contributed by atoms with E-state index in [2.05, 4.69) is 83.1 Å². The third kappa shape index (κ3) is 18.6. The van der Waals surface area contributed by atoms with E-state index in [4.69, 9.17) is 4.74 Å². The van der Waals surface area contributed by atoms with Gasteiger partial charge in [0.25, 0.3) is 11.8 Å². The van der Waals surface area contributed by atoms with Crippen molar-refractivity contribution in [3.05, 3.63) is 0 Å². The molecule has 0 fully saturated rings. The quantitative estimate of drug-likeness (QED) is 0.124. The molecule has 0 rings (SSSR count). The van der Waals surface area contributed by atoms with Crippen molar-refractivity contribution >= 4 is 17.7 Å². The summed E-state index contributed by atoms with van der Waals surface area (Å²) < 4.78 is 5.96. The molecule has 0 aliphatic carbocycles.